The molecule has 0 bridgehead atoms. The van der Waals surface area contributed by atoms with E-state index in [9.17, 15) is 33.6 Å². The first-order valence-corrected chi connectivity index (χ1v) is 18.6. The first-order valence-electron chi connectivity index (χ1n) is 18.6. The molecule has 0 aliphatic carbocycles. The Kier molecular flexibility index (Phi) is 17.5. The lowest BCUT2D eigenvalue weighted by molar-refractivity contribution is -0.136. The summed E-state index contributed by atoms with van der Waals surface area (Å²) >= 11 is 0. The first kappa shape index (κ1) is 44.1. The third-order valence-corrected chi connectivity index (χ3v) is 8.65. The van der Waals surface area contributed by atoms with Gasteiger partial charge in [0.05, 0.1) is 6.54 Å². The Morgan fingerprint density at radius 2 is 1.38 bits per heavy atom. The summed E-state index contributed by atoms with van der Waals surface area (Å²) in [6.07, 6.45) is 2.47. The van der Waals surface area contributed by atoms with Gasteiger partial charge in [-0.25, -0.2) is 0 Å². The number of fused-ring (bicyclic) bond motifs is 1. The number of guanidine groups is 1. The second kappa shape index (κ2) is 22.2. The number of nitrogens with zero attached hydrogens (tertiary/aromatic N) is 1. The molecule has 2 aromatic carbocycles. The van der Waals surface area contributed by atoms with Crippen LogP contribution in [0, 0.1) is 5.92 Å². The molecular formula is C39H54N10O7. The highest BCUT2D eigenvalue weighted by Gasteiger charge is 2.31. The average Bonchev–Trinajstić information content (AvgIpc) is 3.56. The molecule has 56 heavy (non-hydrogen) atoms. The molecule has 7 amide bonds. The van der Waals surface area contributed by atoms with E-state index in [4.69, 9.17) is 11.5 Å². The molecule has 0 aliphatic heterocycles. The molecule has 0 fully saturated rings. The highest BCUT2D eigenvalue weighted by molar-refractivity contribution is 6.01. The highest BCUT2D eigenvalue weighted by atomic mass is 16.2. The molecule has 0 radical (unpaired) electrons. The Bertz CT molecular complexity index is 1860. The van der Waals surface area contributed by atoms with Gasteiger partial charge in [-0.05, 0) is 42.4 Å². The van der Waals surface area contributed by atoms with Gasteiger partial charge in [-0.15, -0.1) is 0 Å². The van der Waals surface area contributed by atoms with Crippen molar-refractivity contribution in [1.82, 2.24) is 36.9 Å². The SMILES string of the molecule is CCC(=O)NC(=O)[C@H](Cc1c[nH]c2ccccc12)NC(=O)[C@@H](CCCN=C(N)N)NC(=O)[C@H](CC(C)C)NC(=O)CNC(=O)[C@H](Cc1ccccc1)NC(C)=O. The van der Waals surface area contributed by atoms with Crippen LogP contribution in [0.3, 0.4) is 0 Å². The van der Waals surface area contributed by atoms with Crippen LogP contribution in [0.15, 0.2) is 65.8 Å². The molecule has 0 spiro atoms. The largest absolute Gasteiger partial charge is 0.370 e. The third-order valence-electron chi connectivity index (χ3n) is 8.65. The number of nitrogens with two attached hydrogens (primary N) is 2. The zero-order valence-electron chi connectivity index (χ0n) is 32.3. The maximum Gasteiger partial charge on any atom is 0.249 e. The average molecular weight is 775 g/mol. The number of benzene rings is 2. The van der Waals surface area contributed by atoms with Crippen molar-refractivity contribution in [3.05, 3.63) is 71.9 Å². The van der Waals surface area contributed by atoms with Crippen molar-refractivity contribution in [1.29, 1.82) is 0 Å². The number of rotatable bonds is 21. The summed E-state index contributed by atoms with van der Waals surface area (Å²) in [6.45, 7) is 6.22. The number of hydrogen-bond donors (Lipinski definition) is 9. The molecule has 0 unspecified atom stereocenters. The molecular weight excluding hydrogens is 720 g/mol. The van der Waals surface area contributed by atoms with Gasteiger partial charge in [0.2, 0.25) is 41.4 Å². The Hall–Kier alpha value is -6.26. The maximum atomic E-state index is 13.9. The van der Waals surface area contributed by atoms with Crippen molar-refractivity contribution in [3.63, 3.8) is 0 Å². The van der Waals surface area contributed by atoms with Crippen molar-refractivity contribution in [3.8, 4) is 0 Å². The summed E-state index contributed by atoms with van der Waals surface area (Å²) < 4.78 is 0. The smallest absolute Gasteiger partial charge is 0.249 e. The van der Waals surface area contributed by atoms with Gasteiger partial charge in [-0.1, -0.05) is 69.3 Å². The van der Waals surface area contributed by atoms with Crippen molar-refractivity contribution in [2.45, 2.75) is 90.4 Å². The Labute approximate surface area is 326 Å². The number of nitrogens with one attached hydrogen (secondary N) is 7. The lowest BCUT2D eigenvalue weighted by atomic mass is 10.0. The summed E-state index contributed by atoms with van der Waals surface area (Å²) in [6, 6.07) is 12.0. The number of amides is 7. The topological polar surface area (TPSA) is 272 Å². The molecule has 17 heteroatoms. The van der Waals surface area contributed by atoms with E-state index in [0.717, 1.165) is 16.5 Å². The number of carbonyl (C=O) groups excluding carboxylic acids is 7. The van der Waals surface area contributed by atoms with Crippen LogP contribution < -0.4 is 43.4 Å². The van der Waals surface area contributed by atoms with Gasteiger partial charge in [-0.2, -0.15) is 0 Å². The zero-order valence-corrected chi connectivity index (χ0v) is 32.3. The fourth-order valence-electron chi connectivity index (χ4n) is 5.90. The molecule has 1 heterocycles. The molecule has 4 atom stereocenters. The van der Waals surface area contributed by atoms with Gasteiger partial charge in [0, 0.05) is 49.8 Å². The number of H-pyrrole nitrogens is 1. The minimum atomic E-state index is -1.21. The van der Waals surface area contributed by atoms with Crippen LogP contribution in [-0.2, 0) is 46.4 Å². The number of aliphatic imine (C=N–C) groups is 1. The zero-order chi connectivity index (χ0) is 41.2. The molecule has 0 aliphatic rings. The van der Waals surface area contributed by atoms with Crippen LogP contribution in [0.1, 0.15) is 64.5 Å². The van der Waals surface area contributed by atoms with Gasteiger partial charge in [0.1, 0.15) is 24.2 Å². The summed E-state index contributed by atoms with van der Waals surface area (Å²) in [5.41, 5.74) is 13.3. The molecule has 3 aromatic rings. The van der Waals surface area contributed by atoms with Crippen LogP contribution in [0.25, 0.3) is 10.9 Å². The number of aromatic amines is 1. The molecule has 3 rings (SSSR count). The Balaban J connectivity index is 1.77. The predicted molar refractivity (Wildman–Crippen MR) is 211 cm³/mol. The lowest BCUT2D eigenvalue weighted by Crippen LogP contribution is -2.58. The van der Waals surface area contributed by atoms with E-state index in [2.05, 4.69) is 41.9 Å². The fraction of sp³-hybridized carbons (Fsp3) is 0.436. The summed E-state index contributed by atoms with van der Waals surface area (Å²) in [4.78, 5) is 98.4. The normalized spacial score (nSPS) is 13.0. The lowest BCUT2D eigenvalue weighted by Gasteiger charge is -2.26. The monoisotopic (exact) mass is 774 g/mol. The highest BCUT2D eigenvalue weighted by Crippen LogP contribution is 2.19. The quantitative estimate of drug-likeness (QED) is 0.0405. The molecule has 17 nitrogen and oxygen atoms in total. The number of imide groups is 1. The van der Waals surface area contributed by atoms with Gasteiger partial charge in [0.15, 0.2) is 5.96 Å². The minimum Gasteiger partial charge on any atom is -0.370 e. The number of hydrogen-bond acceptors (Lipinski definition) is 8. The van der Waals surface area contributed by atoms with Crippen molar-refractivity contribution in [2.24, 2.45) is 22.4 Å². The van der Waals surface area contributed by atoms with E-state index in [0.29, 0.717) is 5.56 Å². The summed E-state index contributed by atoms with van der Waals surface area (Å²) in [5.74, 6) is -4.56. The van der Waals surface area contributed by atoms with Gasteiger partial charge in [-0.3, -0.25) is 43.9 Å². The van der Waals surface area contributed by atoms with E-state index >= 15 is 0 Å². The standard InChI is InChI=1S/C39H54N10O7/c1-5-33(51)49-38(56)32(20-26-21-43-28-15-10-9-14-27(26)28)48-36(54)29(16-11-17-42-39(40)41)47-37(55)30(18-23(2)3)46-34(52)22-44-35(53)31(45-24(4)50)19-25-12-7-6-8-13-25/h6-10,12-15,21,23,29-32,43H,5,11,16-20,22H2,1-4H3,(H,44,53)(H,45,50)(H,46,52)(H,47,55)(H,48,54)(H4,40,41,42)(H,49,51,56)/t29-,30+,31+,32+/m1/s1. The van der Waals surface area contributed by atoms with Crippen LogP contribution in [0.5, 0.6) is 0 Å². The minimum absolute atomic E-state index is 0.0269. The fourth-order valence-corrected chi connectivity index (χ4v) is 5.90. The van der Waals surface area contributed by atoms with E-state index in [-0.39, 0.29) is 56.9 Å². The first-order chi connectivity index (χ1) is 26.7. The third kappa shape index (κ3) is 14.9. The van der Waals surface area contributed by atoms with Crippen molar-refractivity contribution < 1.29 is 33.6 Å². The molecule has 1 aromatic heterocycles. The second-order valence-electron chi connectivity index (χ2n) is 13.8. The number of para-hydroxylation sites is 1. The molecule has 11 N–H and O–H groups in total. The van der Waals surface area contributed by atoms with E-state index < -0.39 is 72.1 Å². The van der Waals surface area contributed by atoms with Gasteiger partial charge in [0.25, 0.3) is 0 Å². The number of carbonyl (C=O) groups is 7. The number of aromatic nitrogens is 1. The van der Waals surface area contributed by atoms with E-state index in [1.54, 1.807) is 25.3 Å². The molecule has 0 saturated carbocycles. The Morgan fingerprint density at radius 1 is 0.732 bits per heavy atom. The van der Waals surface area contributed by atoms with Crippen molar-refractivity contribution >= 4 is 58.2 Å². The molecule has 302 valence electrons. The van der Waals surface area contributed by atoms with Gasteiger partial charge < -0.3 is 43.0 Å². The summed E-state index contributed by atoms with van der Waals surface area (Å²) in [5, 5.41) is 16.4. The van der Waals surface area contributed by atoms with E-state index in [1.807, 2.05) is 56.3 Å². The summed E-state index contributed by atoms with van der Waals surface area (Å²) in [7, 11) is 0. The predicted octanol–water partition coefficient (Wildman–Crippen LogP) is 0.181. The van der Waals surface area contributed by atoms with Crippen LogP contribution in [0.2, 0.25) is 0 Å². The van der Waals surface area contributed by atoms with Crippen LogP contribution in [0.4, 0.5) is 0 Å². The van der Waals surface area contributed by atoms with Gasteiger partial charge >= 0.3 is 0 Å². The second-order valence-corrected chi connectivity index (χ2v) is 13.8. The van der Waals surface area contributed by atoms with Crippen LogP contribution >= 0.6 is 0 Å². The van der Waals surface area contributed by atoms with E-state index in [1.165, 1.54) is 6.92 Å². The Morgan fingerprint density at radius 3 is 2.04 bits per heavy atom. The molecule has 0 saturated heterocycles. The van der Waals surface area contributed by atoms with Crippen molar-refractivity contribution in [2.75, 3.05) is 13.1 Å². The maximum absolute atomic E-state index is 13.9. The van der Waals surface area contributed by atoms with Crippen LogP contribution in [-0.4, -0.2) is 89.6 Å².